The molecule has 0 aliphatic carbocycles. The zero-order valence-corrected chi connectivity index (χ0v) is 22.7. The third kappa shape index (κ3) is 6.45. The molecule has 3 aliphatic heterocycles. The molecule has 3 N–H and O–H groups in total. The van der Waals surface area contributed by atoms with Gasteiger partial charge in [0.05, 0.1) is 30.5 Å². The fourth-order valence-electron chi connectivity index (χ4n) is 5.47. The molecule has 0 unspecified atom stereocenters. The average Bonchev–Trinajstić information content (AvgIpc) is 3.35. The molecule has 0 aromatic heterocycles. The summed E-state index contributed by atoms with van der Waals surface area (Å²) in [6.07, 6.45) is 2.75. The van der Waals surface area contributed by atoms with Crippen molar-refractivity contribution in [2.75, 3.05) is 58.1 Å². The van der Waals surface area contributed by atoms with Gasteiger partial charge in [0.25, 0.3) is 5.91 Å². The Morgan fingerprint density at radius 3 is 2.66 bits per heavy atom. The molecule has 0 radical (unpaired) electrons. The summed E-state index contributed by atoms with van der Waals surface area (Å²) in [5.41, 5.74) is 7.48. The van der Waals surface area contributed by atoms with E-state index in [-0.39, 0.29) is 35.6 Å². The lowest BCUT2D eigenvalue weighted by atomic mass is 9.92. The third-order valence-electron chi connectivity index (χ3n) is 7.35. The number of allylic oxidation sites excluding steroid dienone is 1. The van der Waals surface area contributed by atoms with Crippen LogP contribution in [0.5, 0.6) is 0 Å². The topological polar surface area (TPSA) is 98.4 Å². The normalized spacial score (nSPS) is 22.1. The van der Waals surface area contributed by atoms with Gasteiger partial charge in [0.2, 0.25) is 5.91 Å². The molecule has 3 aliphatic rings. The predicted molar refractivity (Wildman–Crippen MR) is 142 cm³/mol. The number of nitrogens with zero attached hydrogens (tertiary/aromatic N) is 3. The Morgan fingerprint density at radius 2 is 1.95 bits per heavy atom. The molecule has 2 fully saturated rings. The lowest BCUT2D eigenvalue weighted by Gasteiger charge is -2.41. The Balaban J connectivity index is 1.56. The number of halogens is 1. The van der Waals surface area contributed by atoms with Crippen LogP contribution < -0.4 is 21.3 Å². The SMILES string of the molecule is COCCCCC1=C(C(=O)N(C(C)C)[C@@H]2CNC[C@H](C(=O)N3CCOCC3)C2)NNN1c1ccccc1F. The molecule has 210 valence electrons. The minimum atomic E-state index is -0.383. The first-order chi connectivity index (χ1) is 18.4. The highest BCUT2D eigenvalue weighted by molar-refractivity contribution is 5.95. The second-order valence-electron chi connectivity index (χ2n) is 10.3. The van der Waals surface area contributed by atoms with E-state index in [9.17, 15) is 14.0 Å². The van der Waals surface area contributed by atoms with Crippen molar-refractivity contribution in [1.29, 1.82) is 0 Å². The molecular weight excluding hydrogens is 491 g/mol. The van der Waals surface area contributed by atoms with Crippen molar-refractivity contribution in [3.8, 4) is 0 Å². The van der Waals surface area contributed by atoms with Gasteiger partial charge >= 0.3 is 0 Å². The highest BCUT2D eigenvalue weighted by Crippen LogP contribution is 2.30. The second kappa shape index (κ2) is 13.4. The van der Waals surface area contributed by atoms with E-state index in [4.69, 9.17) is 9.47 Å². The molecular formula is C27H41FN6O4. The molecule has 10 nitrogen and oxygen atoms in total. The Bertz CT molecular complexity index is 1000. The number of piperidine rings is 1. The predicted octanol–water partition coefficient (Wildman–Crippen LogP) is 1.76. The number of amides is 2. The highest BCUT2D eigenvalue weighted by Gasteiger charge is 2.39. The van der Waals surface area contributed by atoms with E-state index in [0.29, 0.717) is 75.9 Å². The zero-order valence-electron chi connectivity index (χ0n) is 22.7. The summed E-state index contributed by atoms with van der Waals surface area (Å²) in [7, 11) is 1.66. The van der Waals surface area contributed by atoms with Crippen LogP contribution in [0.15, 0.2) is 35.7 Å². The van der Waals surface area contributed by atoms with Crippen molar-refractivity contribution in [2.45, 2.75) is 51.6 Å². The van der Waals surface area contributed by atoms with Gasteiger partial charge in [-0.3, -0.25) is 20.0 Å². The number of hydrogen-bond acceptors (Lipinski definition) is 8. The molecule has 3 heterocycles. The maximum absolute atomic E-state index is 14.7. The van der Waals surface area contributed by atoms with Crippen LogP contribution in [0.2, 0.25) is 0 Å². The molecule has 0 bridgehead atoms. The number of carbonyl (C=O) groups is 2. The summed E-state index contributed by atoms with van der Waals surface area (Å²) in [5.74, 6) is -0.634. The van der Waals surface area contributed by atoms with Gasteiger partial charge in [-0.25, -0.2) is 4.39 Å². The second-order valence-corrected chi connectivity index (χ2v) is 10.3. The number of benzene rings is 1. The smallest absolute Gasteiger partial charge is 0.273 e. The van der Waals surface area contributed by atoms with Crippen LogP contribution in [0.4, 0.5) is 10.1 Å². The van der Waals surface area contributed by atoms with E-state index in [1.807, 2.05) is 23.6 Å². The fourth-order valence-corrected chi connectivity index (χ4v) is 5.47. The Morgan fingerprint density at radius 1 is 1.18 bits per heavy atom. The van der Waals surface area contributed by atoms with Gasteiger partial charge in [-0.05, 0) is 51.7 Å². The molecule has 11 heteroatoms. The number of rotatable bonds is 10. The largest absolute Gasteiger partial charge is 0.385 e. The number of para-hydroxylation sites is 1. The van der Waals surface area contributed by atoms with E-state index in [0.717, 1.165) is 12.8 Å². The number of methoxy groups -OCH3 is 1. The number of nitrogens with one attached hydrogen (secondary N) is 3. The third-order valence-corrected chi connectivity index (χ3v) is 7.35. The molecule has 4 rings (SSSR count). The maximum Gasteiger partial charge on any atom is 0.273 e. The van der Waals surface area contributed by atoms with Crippen LogP contribution in [0.25, 0.3) is 0 Å². The number of morpholine rings is 1. The van der Waals surface area contributed by atoms with Gasteiger partial charge in [0.1, 0.15) is 11.5 Å². The summed E-state index contributed by atoms with van der Waals surface area (Å²) in [6, 6.07) is 6.23. The lowest BCUT2D eigenvalue weighted by Crippen LogP contribution is -2.57. The number of unbranched alkanes of at least 4 members (excludes halogenated alkanes) is 1. The fraction of sp³-hybridized carbons (Fsp3) is 0.630. The maximum atomic E-state index is 14.7. The van der Waals surface area contributed by atoms with E-state index in [1.165, 1.54) is 6.07 Å². The van der Waals surface area contributed by atoms with Gasteiger partial charge in [-0.2, -0.15) is 0 Å². The zero-order chi connectivity index (χ0) is 27.1. The molecule has 38 heavy (non-hydrogen) atoms. The minimum absolute atomic E-state index is 0.0990. The molecule has 2 saturated heterocycles. The van der Waals surface area contributed by atoms with Crippen molar-refractivity contribution in [3.05, 3.63) is 41.5 Å². The van der Waals surface area contributed by atoms with Crippen molar-refractivity contribution >= 4 is 17.5 Å². The summed E-state index contributed by atoms with van der Waals surface area (Å²) in [5, 5.41) is 5.01. The molecule has 2 atom stereocenters. The van der Waals surface area contributed by atoms with Crippen molar-refractivity contribution in [3.63, 3.8) is 0 Å². The number of carbonyl (C=O) groups excluding carboxylic acids is 2. The standard InChI is InChI=1S/C27H41FN6O4/c1-19(2)33(21-16-20(17-29-18-21)26(35)32-11-14-38-15-12-32)27(36)25-24(10-6-7-13-37-3)34(31-30-25)23-9-5-4-8-22(23)28/h4-5,8-9,19-21,29-31H,6-7,10-18H2,1-3H3/t20-,21+/m1/s1. The molecule has 0 saturated carbocycles. The van der Waals surface area contributed by atoms with Crippen LogP contribution >= 0.6 is 0 Å². The van der Waals surface area contributed by atoms with Crippen molar-refractivity contribution < 1.29 is 23.5 Å². The van der Waals surface area contributed by atoms with Gasteiger partial charge in [0, 0.05) is 52.0 Å². The van der Waals surface area contributed by atoms with Crippen LogP contribution in [-0.4, -0.2) is 86.8 Å². The van der Waals surface area contributed by atoms with E-state index in [2.05, 4.69) is 16.3 Å². The minimum Gasteiger partial charge on any atom is -0.385 e. The average molecular weight is 533 g/mol. The molecule has 1 aromatic carbocycles. The summed E-state index contributed by atoms with van der Waals surface area (Å²) < 4.78 is 25.3. The summed E-state index contributed by atoms with van der Waals surface area (Å²) in [4.78, 5) is 31.0. The summed E-state index contributed by atoms with van der Waals surface area (Å²) >= 11 is 0. The van der Waals surface area contributed by atoms with Crippen LogP contribution in [-0.2, 0) is 19.1 Å². The van der Waals surface area contributed by atoms with Crippen LogP contribution in [0, 0.1) is 11.7 Å². The van der Waals surface area contributed by atoms with E-state index < -0.39 is 0 Å². The first-order valence-corrected chi connectivity index (χ1v) is 13.6. The molecule has 0 spiro atoms. The Labute approximate surface area is 224 Å². The van der Waals surface area contributed by atoms with E-state index in [1.54, 1.807) is 30.3 Å². The van der Waals surface area contributed by atoms with Crippen molar-refractivity contribution in [2.24, 2.45) is 5.92 Å². The van der Waals surface area contributed by atoms with Crippen LogP contribution in [0.3, 0.4) is 0 Å². The quantitative estimate of drug-likeness (QED) is 0.392. The highest BCUT2D eigenvalue weighted by atomic mass is 19.1. The van der Waals surface area contributed by atoms with E-state index >= 15 is 0 Å². The van der Waals surface area contributed by atoms with Crippen LogP contribution in [0.1, 0.15) is 39.5 Å². The Hall–Kier alpha value is -2.73. The number of ether oxygens (including phenoxy) is 2. The first kappa shape index (κ1) is 28.3. The molecule has 1 aromatic rings. The lowest BCUT2D eigenvalue weighted by molar-refractivity contribution is -0.143. The van der Waals surface area contributed by atoms with Gasteiger partial charge in [-0.15, -0.1) is 5.53 Å². The summed E-state index contributed by atoms with van der Waals surface area (Å²) in [6.45, 7) is 8.12. The molecule has 2 amide bonds. The van der Waals surface area contributed by atoms with Gasteiger partial charge in [-0.1, -0.05) is 12.1 Å². The van der Waals surface area contributed by atoms with Crippen molar-refractivity contribution in [1.82, 2.24) is 26.1 Å². The monoisotopic (exact) mass is 532 g/mol. The number of anilines is 1. The number of hydrazine groups is 2. The Kier molecular flexibility index (Phi) is 9.95. The number of hydrogen-bond donors (Lipinski definition) is 3. The van der Waals surface area contributed by atoms with Gasteiger partial charge in [0.15, 0.2) is 0 Å². The first-order valence-electron chi connectivity index (χ1n) is 13.6. The van der Waals surface area contributed by atoms with Gasteiger partial charge < -0.3 is 24.6 Å².